The maximum atomic E-state index is 12.9. The molecule has 0 amide bonds. The maximum absolute atomic E-state index is 12.9. The number of hydrogen-bond acceptors (Lipinski definition) is 1. The Morgan fingerprint density at radius 1 is 0.833 bits per heavy atom. The third-order valence-corrected chi connectivity index (χ3v) is 3.59. The molecule has 0 heterocycles. The monoisotopic (exact) mass is 262 g/mol. The molecule has 0 spiro atoms. The normalized spacial score (nSPS) is 10.1. The molecular weight excluding hydrogens is 250 g/mol. The summed E-state index contributed by atoms with van der Waals surface area (Å²) in [4.78, 5) is 0.0550. The first-order valence-electron chi connectivity index (χ1n) is 5.55. The lowest BCUT2D eigenvalue weighted by Crippen LogP contribution is -1.84. The van der Waals surface area contributed by atoms with E-state index in [1.807, 2.05) is 36.4 Å². The molecule has 0 aliphatic carbocycles. The third-order valence-electron chi connectivity index (χ3n) is 2.43. The first kappa shape index (κ1) is 12.8. The molecule has 0 saturated heterocycles. The Kier molecular flexibility index (Phi) is 4.53. The van der Waals surface area contributed by atoms with Crippen LogP contribution >= 0.6 is 11.8 Å². The van der Waals surface area contributed by atoms with Gasteiger partial charge in [-0.25, -0.2) is 0 Å². The molecule has 18 heavy (non-hydrogen) atoms. The molecule has 0 unspecified atom stereocenters. The van der Waals surface area contributed by atoms with Gasteiger partial charge in [-0.1, -0.05) is 60.7 Å². The van der Waals surface area contributed by atoms with Crippen molar-refractivity contribution >= 4 is 16.7 Å². The minimum Gasteiger partial charge on any atom is -0.172 e. The van der Waals surface area contributed by atoms with E-state index >= 15 is 0 Å². The SMILES string of the molecule is FC(F)=C(SCc1ccccc1)c1ccccc1. The number of thioether (sulfide) groups is 1. The number of hydrogen-bond donors (Lipinski definition) is 0. The first-order valence-corrected chi connectivity index (χ1v) is 6.53. The van der Waals surface area contributed by atoms with Crippen molar-refractivity contribution in [3.63, 3.8) is 0 Å². The molecule has 0 aromatic heterocycles. The Labute approximate surface area is 109 Å². The fourth-order valence-electron chi connectivity index (χ4n) is 1.57. The van der Waals surface area contributed by atoms with Crippen LogP contribution in [0, 0.1) is 0 Å². The van der Waals surface area contributed by atoms with Crippen LogP contribution in [0.15, 0.2) is 66.7 Å². The lowest BCUT2D eigenvalue weighted by molar-refractivity contribution is 0.428. The van der Waals surface area contributed by atoms with Gasteiger partial charge in [-0.15, -0.1) is 11.8 Å². The van der Waals surface area contributed by atoms with Crippen molar-refractivity contribution in [2.45, 2.75) is 5.75 Å². The molecule has 92 valence electrons. The standard InChI is InChI=1S/C15H12F2S/c16-15(17)14(13-9-5-2-6-10-13)18-11-12-7-3-1-4-8-12/h1-10H,11H2. The molecule has 0 bridgehead atoms. The van der Waals surface area contributed by atoms with E-state index in [1.54, 1.807) is 24.3 Å². The molecule has 2 aromatic carbocycles. The Hall–Kier alpha value is -1.61. The lowest BCUT2D eigenvalue weighted by Gasteiger charge is -2.06. The van der Waals surface area contributed by atoms with Crippen LogP contribution in [0.25, 0.3) is 4.91 Å². The van der Waals surface area contributed by atoms with Gasteiger partial charge in [0.1, 0.15) is 0 Å². The molecule has 0 nitrogen and oxygen atoms in total. The minimum absolute atomic E-state index is 0.0550. The predicted octanol–water partition coefficient (Wildman–Crippen LogP) is 5.19. The van der Waals surface area contributed by atoms with E-state index in [0.29, 0.717) is 11.3 Å². The molecule has 0 saturated carbocycles. The second kappa shape index (κ2) is 6.36. The largest absolute Gasteiger partial charge is 0.284 e. The van der Waals surface area contributed by atoms with Gasteiger partial charge < -0.3 is 0 Å². The highest BCUT2D eigenvalue weighted by molar-refractivity contribution is 8.07. The van der Waals surface area contributed by atoms with Crippen molar-refractivity contribution in [1.82, 2.24) is 0 Å². The molecule has 0 fully saturated rings. The molecule has 0 atom stereocenters. The molecule has 3 heteroatoms. The summed E-state index contributed by atoms with van der Waals surface area (Å²) in [5, 5.41) is 0. The fraction of sp³-hybridized carbons (Fsp3) is 0.0667. The van der Waals surface area contributed by atoms with Gasteiger partial charge in [-0.3, -0.25) is 0 Å². The van der Waals surface area contributed by atoms with E-state index < -0.39 is 6.08 Å². The van der Waals surface area contributed by atoms with Crippen LogP contribution in [0.3, 0.4) is 0 Å². The molecule has 0 aliphatic rings. The van der Waals surface area contributed by atoms with Crippen molar-refractivity contribution < 1.29 is 8.78 Å². The highest BCUT2D eigenvalue weighted by atomic mass is 32.2. The van der Waals surface area contributed by atoms with Crippen molar-refractivity contribution in [3.8, 4) is 0 Å². The van der Waals surface area contributed by atoms with Gasteiger partial charge in [-0.05, 0) is 11.1 Å². The minimum atomic E-state index is -1.62. The fourth-order valence-corrected chi connectivity index (χ4v) is 2.48. The van der Waals surface area contributed by atoms with E-state index in [-0.39, 0.29) is 4.91 Å². The molecule has 2 aromatic rings. The number of rotatable bonds is 4. The van der Waals surface area contributed by atoms with E-state index in [4.69, 9.17) is 0 Å². The van der Waals surface area contributed by atoms with Crippen LogP contribution in [0.1, 0.15) is 11.1 Å². The Bertz CT molecular complexity index is 517. The third kappa shape index (κ3) is 3.44. The van der Waals surface area contributed by atoms with Crippen LogP contribution in [-0.2, 0) is 5.75 Å². The molecule has 0 aliphatic heterocycles. The van der Waals surface area contributed by atoms with Crippen molar-refractivity contribution in [3.05, 3.63) is 77.9 Å². The average Bonchev–Trinajstić information content (AvgIpc) is 2.41. The Balaban J connectivity index is 2.13. The first-order chi connectivity index (χ1) is 8.77. The van der Waals surface area contributed by atoms with Gasteiger partial charge in [-0.2, -0.15) is 8.78 Å². The quantitative estimate of drug-likeness (QED) is 0.731. The zero-order valence-electron chi connectivity index (χ0n) is 9.64. The van der Waals surface area contributed by atoms with Crippen molar-refractivity contribution in [2.75, 3.05) is 0 Å². The van der Waals surface area contributed by atoms with E-state index in [2.05, 4.69) is 0 Å². The zero-order valence-corrected chi connectivity index (χ0v) is 10.5. The van der Waals surface area contributed by atoms with Crippen molar-refractivity contribution in [1.29, 1.82) is 0 Å². The summed E-state index contributed by atoms with van der Waals surface area (Å²) in [6.07, 6.45) is -1.62. The summed E-state index contributed by atoms with van der Waals surface area (Å²) in [5.41, 5.74) is 1.61. The number of benzene rings is 2. The molecule has 2 rings (SSSR count). The van der Waals surface area contributed by atoms with Crippen LogP contribution in [-0.4, -0.2) is 0 Å². The summed E-state index contributed by atoms with van der Waals surface area (Å²) < 4.78 is 25.9. The summed E-state index contributed by atoms with van der Waals surface area (Å²) in [7, 11) is 0. The van der Waals surface area contributed by atoms with Gasteiger partial charge in [0.2, 0.25) is 0 Å². The van der Waals surface area contributed by atoms with Crippen molar-refractivity contribution in [2.24, 2.45) is 0 Å². The van der Waals surface area contributed by atoms with E-state index in [1.165, 1.54) is 11.8 Å². The highest BCUT2D eigenvalue weighted by Crippen LogP contribution is 2.34. The van der Waals surface area contributed by atoms with Crippen LogP contribution in [0.2, 0.25) is 0 Å². The summed E-state index contributed by atoms with van der Waals surface area (Å²) in [6, 6.07) is 18.4. The van der Waals surface area contributed by atoms with E-state index in [0.717, 1.165) is 5.56 Å². The Morgan fingerprint density at radius 2 is 1.39 bits per heavy atom. The van der Waals surface area contributed by atoms with Crippen LogP contribution in [0.5, 0.6) is 0 Å². The lowest BCUT2D eigenvalue weighted by atomic mass is 10.2. The highest BCUT2D eigenvalue weighted by Gasteiger charge is 2.09. The van der Waals surface area contributed by atoms with Gasteiger partial charge in [0, 0.05) is 5.75 Å². The van der Waals surface area contributed by atoms with E-state index in [9.17, 15) is 8.78 Å². The van der Waals surface area contributed by atoms with Gasteiger partial charge in [0.05, 0.1) is 4.91 Å². The number of halogens is 2. The zero-order chi connectivity index (χ0) is 12.8. The summed E-state index contributed by atoms with van der Waals surface area (Å²) in [5.74, 6) is 0.544. The topological polar surface area (TPSA) is 0 Å². The molecule has 0 N–H and O–H groups in total. The smallest absolute Gasteiger partial charge is 0.172 e. The second-order valence-electron chi connectivity index (χ2n) is 3.73. The Morgan fingerprint density at radius 3 is 1.94 bits per heavy atom. The molecular formula is C15H12F2S. The van der Waals surface area contributed by atoms with Crippen LogP contribution < -0.4 is 0 Å². The summed E-state index contributed by atoms with van der Waals surface area (Å²) in [6.45, 7) is 0. The second-order valence-corrected chi connectivity index (χ2v) is 4.72. The van der Waals surface area contributed by atoms with Gasteiger partial charge in [0.25, 0.3) is 6.08 Å². The van der Waals surface area contributed by atoms with Gasteiger partial charge >= 0.3 is 0 Å². The van der Waals surface area contributed by atoms with Crippen LogP contribution in [0.4, 0.5) is 8.78 Å². The van der Waals surface area contributed by atoms with Gasteiger partial charge in [0.15, 0.2) is 0 Å². The molecule has 0 radical (unpaired) electrons. The summed E-state index contributed by atoms with van der Waals surface area (Å²) >= 11 is 1.17. The average molecular weight is 262 g/mol. The maximum Gasteiger partial charge on any atom is 0.284 e. The predicted molar refractivity (Wildman–Crippen MR) is 73.3 cm³/mol.